The van der Waals surface area contributed by atoms with Gasteiger partial charge in [0.15, 0.2) is 0 Å². The molecule has 4 N–H and O–H groups in total. The van der Waals surface area contributed by atoms with E-state index in [2.05, 4.69) is 10.6 Å². The van der Waals surface area contributed by atoms with Crippen molar-refractivity contribution < 1.29 is 9.59 Å². The monoisotopic (exact) mass is 249 g/mol. The zero-order valence-corrected chi connectivity index (χ0v) is 10.9. The van der Waals surface area contributed by atoms with Gasteiger partial charge in [-0.05, 0) is 31.2 Å². The molecule has 0 aliphatic rings. The van der Waals surface area contributed by atoms with Crippen molar-refractivity contribution in [1.82, 2.24) is 0 Å². The van der Waals surface area contributed by atoms with Crippen molar-refractivity contribution in [3.63, 3.8) is 0 Å². The molecule has 0 saturated heterocycles. The number of rotatable bonds is 4. The average molecular weight is 249 g/mol. The molecule has 0 heterocycles. The largest absolute Gasteiger partial charge is 0.326 e. The summed E-state index contributed by atoms with van der Waals surface area (Å²) in [7, 11) is 0. The molecule has 1 rings (SSSR count). The molecule has 0 aliphatic carbocycles. The Morgan fingerprint density at radius 3 is 1.67 bits per heavy atom. The molecule has 5 heteroatoms. The van der Waals surface area contributed by atoms with Crippen LogP contribution in [0.25, 0.3) is 0 Å². The molecule has 1 aromatic carbocycles. The first-order valence-corrected chi connectivity index (χ1v) is 5.87. The molecule has 0 fully saturated rings. The summed E-state index contributed by atoms with van der Waals surface area (Å²) in [6, 6.07) is 6.35. The van der Waals surface area contributed by atoms with Crippen molar-refractivity contribution in [1.29, 1.82) is 0 Å². The quantitative estimate of drug-likeness (QED) is 0.757. The van der Waals surface area contributed by atoms with Crippen molar-refractivity contribution in [3.05, 3.63) is 24.3 Å². The third-order valence-corrected chi connectivity index (χ3v) is 2.36. The number of amides is 2. The van der Waals surface area contributed by atoms with Gasteiger partial charge in [0.1, 0.15) is 0 Å². The van der Waals surface area contributed by atoms with E-state index in [1.165, 1.54) is 0 Å². The molecule has 2 amide bonds. The Bertz CT molecular complexity index is 383. The van der Waals surface area contributed by atoms with Crippen LogP contribution >= 0.6 is 0 Å². The van der Waals surface area contributed by atoms with E-state index in [0.717, 1.165) is 0 Å². The van der Waals surface area contributed by atoms with Gasteiger partial charge in [0.25, 0.3) is 0 Å². The van der Waals surface area contributed by atoms with Crippen LogP contribution in [0.4, 0.5) is 11.4 Å². The number of hydrogen-bond acceptors (Lipinski definition) is 3. The SMILES string of the molecule is CC(C)C(=O)Nc1ccc(NC(=O)[C@H](C)N)cc1. The summed E-state index contributed by atoms with van der Waals surface area (Å²) >= 11 is 0. The van der Waals surface area contributed by atoms with Gasteiger partial charge in [-0.25, -0.2) is 0 Å². The van der Waals surface area contributed by atoms with Crippen LogP contribution in [-0.4, -0.2) is 17.9 Å². The molecule has 18 heavy (non-hydrogen) atoms. The second-order valence-electron chi connectivity index (χ2n) is 4.50. The molecule has 0 saturated carbocycles. The van der Waals surface area contributed by atoms with E-state index in [1.54, 1.807) is 31.2 Å². The number of benzene rings is 1. The first-order valence-electron chi connectivity index (χ1n) is 5.87. The van der Waals surface area contributed by atoms with E-state index in [9.17, 15) is 9.59 Å². The highest BCUT2D eigenvalue weighted by atomic mass is 16.2. The zero-order valence-electron chi connectivity index (χ0n) is 10.9. The summed E-state index contributed by atoms with van der Waals surface area (Å²) in [6.07, 6.45) is 0. The Morgan fingerprint density at radius 1 is 0.944 bits per heavy atom. The molecule has 1 aromatic rings. The molecule has 98 valence electrons. The smallest absolute Gasteiger partial charge is 0.240 e. The maximum atomic E-state index is 11.5. The van der Waals surface area contributed by atoms with Gasteiger partial charge in [0.05, 0.1) is 6.04 Å². The first-order chi connectivity index (χ1) is 8.40. The fourth-order valence-electron chi connectivity index (χ4n) is 1.18. The van der Waals surface area contributed by atoms with Gasteiger partial charge in [0.2, 0.25) is 11.8 Å². The van der Waals surface area contributed by atoms with Crippen molar-refractivity contribution in [3.8, 4) is 0 Å². The van der Waals surface area contributed by atoms with Crippen LogP contribution in [0.2, 0.25) is 0 Å². The predicted octanol–water partition coefficient (Wildman–Crippen LogP) is 1.57. The Balaban J connectivity index is 2.63. The van der Waals surface area contributed by atoms with Crippen LogP contribution in [0.1, 0.15) is 20.8 Å². The molecule has 5 nitrogen and oxygen atoms in total. The van der Waals surface area contributed by atoms with Crippen LogP contribution in [0, 0.1) is 5.92 Å². The summed E-state index contributed by atoms with van der Waals surface area (Å²) in [4.78, 5) is 22.8. The lowest BCUT2D eigenvalue weighted by molar-refractivity contribution is -0.119. The lowest BCUT2D eigenvalue weighted by Gasteiger charge is -2.10. The maximum Gasteiger partial charge on any atom is 0.240 e. The number of carbonyl (C=O) groups excluding carboxylic acids is 2. The zero-order chi connectivity index (χ0) is 13.7. The fraction of sp³-hybridized carbons (Fsp3) is 0.385. The first kappa shape index (κ1) is 14.2. The van der Waals surface area contributed by atoms with E-state index < -0.39 is 6.04 Å². The van der Waals surface area contributed by atoms with Gasteiger partial charge in [-0.2, -0.15) is 0 Å². The van der Waals surface area contributed by atoms with Crippen molar-refractivity contribution in [2.24, 2.45) is 11.7 Å². The number of nitrogens with one attached hydrogen (secondary N) is 2. The topological polar surface area (TPSA) is 84.2 Å². The summed E-state index contributed by atoms with van der Waals surface area (Å²) in [5.41, 5.74) is 6.80. The number of carbonyl (C=O) groups is 2. The van der Waals surface area contributed by atoms with Gasteiger partial charge >= 0.3 is 0 Å². The third-order valence-electron chi connectivity index (χ3n) is 2.36. The highest BCUT2D eigenvalue weighted by molar-refractivity contribution is 5.95. The van der Waals surface area contributed by atoms with Gasteiger partial charge in [-0.1, -0.05) is 13.8 Å². The van der Waals surface area contributed by atoms with Crippen LogP contribution in [0.3, 0.4) is 0 Å². The van der Waals surface area contributed by atoms with Crippen molar-refractivity contribution in [2.45, 2.75) is 26.8 Å². The summed E-state index contributed by atoms with van der Waals surface area (Å²) < 4.78 is 0. The molecule has 0 radical (unpaired) electrons. The van der Waals surface area contributed by atoms with Gasteiger partial charge in [0, 0.05) is 17.3 Å². The highest BCUT2D eigenvalue weighted by Gasteiger charge is 2.08. The van der Waals surface area contributed by atoms with E-state index in [4.69, 9.17) is 5.73 Å². The molecule has 0 bridgehead atoms. The molecule has 0 aliphatic heterocycles. The standard InChI is InChI=1S/C13H19N3O2/c1-8(2)12(17)15-10-4-6-11(7-5-10)16-13(18)9(3)14/h4-9H,14H2,1-3H3,(H,15,17)(H,16,18)/t9-/m0/s1. The van der Waals surface area contributed by atoms with Crippen molar-refractivity contribution >= 4 is 23.2 Å². The summed E-state index contributed by atoms with van der Waals surface area (Å²) in [5.74, 6) is -0.348. The Hall–Kier alpha value is -1.88. The van der Waals surface area contributed by atoms with E-state index in [0.29, 0.717) is 11.4 Å². The average Bonchev–Trinajstić information content (AvgIpc) is 2.31. The molecule has 0 aromatic heterocycles. The van der Waals surface area contributed by atoms with E-state index in [-0.39, 0.29) is 17.7 Å². The van der Waals surface area contributed by atoms with Gasteiger partial charge in [-0.3, -0.25) is 9.59 Å². The summed E-state index contributed by atoms with van der Waals surface area (Å²) in [6.45, 7) is 5.27. The predicted molar refractivity (Wildman–Crippen MR) is 72.2 cm³/mol. The van der Waals surface area contributed by atoms with Crippen molar-refractivity contribution in [2.75, 3.05) is 10.6 Å². The molecule has 0 unspecified atom stereocenters. The lowest BCUT2D eigenvalue weighted by atomic mass is 10.2. The van der Waals surface area contributed by atoms with Gasteiger partial charge < -0.3 is 16.4 Å². The normalized spacial score (nSPS) is 12.1. The molecule has 0 spiro atoms. The van der Waals surface area contributed by atoms with Crippen LogP contribution in [0.15, 0.2) is 24.3 Å². The summed E-state index contributed by atoms with van der Waals surface area (Å²) in [5, 5.41) is 5.44. The second kappa shape index (κ2) is 6.16. The number of nitrogens with two attached hydrogens (primary N) is 1. The van der Waals surface area contributed by atoms with Gasteiger partial charge in [-0.15, -0.1) is 0 Å². The van der Waals surface area contributed by atoms with E-state index >= 15 is 0 Å². The van der Waals surface area contributed by atoms with E-state index in [1.807, 2.05) is 13.8 Å². The van der Waals surface area contributed by atoms with Crippen LogP contribution < -0.4 is 16.4 Å². The molecular weight excluding hydrogens is 230 g/mol. The molecule has 1 atom stereocenters. The minimum atomic E-state index is -0.551. The number of hydrogen-bond donors (Lipinski definition) is 3. The van der Waals surface area contributed by atoms with Crippen LogP contribution in [-0.2, 0) is 9.59 Å². The molecular formula is C13H19N3O2. The fourth-order valence-corrected chi connectivity index (χ4v) is 1.18. The Morgan fingerprint density at radius 2 is 1.33 bits per heavy atom. The lowest BCUT2D eigenvalue weighted by Crippen LogP contribution is -2.32. The second-order valence-corrected chi connectivity index (χ2v) is 4.50. The third kappa shape index (κ3) is 4.18. The Labute approximate surface area is 107 Å². The highest BCUT2D eigenvalue weighted by Crippen LogP contribution is 2.14. The number of anilines is 2. The minimum absolute atomic E-state index is 0.0395. The van der Waals surface area contributed by atoms with Crippen LogP contribution in [0.5, 0.6) is 0 Å². The minimum Gasteiger partial charge on any atom is -0.326 e. The Kier molecular flexibility index (Phi) is 4.85. The maximum absolute atomic E-state index is 11.5.